The second-order valence-electron chi connectivity index (χ2n) is 8.10. The van der Waals surface area contributed by atoms with E-state index in [1.54, 1.807) is 11.8 Å². The standard InChI is InChI=1S/C18H34O2.C7H13NO3S/c1-2-3-4-5-6-7-8-9-10-11-12-13-14-15-16-17-18(19)20;1-5(9)8-6(7(10)11)3-4-12-2/h9-10H,2-8,11-17H2,1H3,(H,19,20);6H,3-4H2,1-2H3,(H,8,9)(H,10,11)/b10-9-;/t;6-/m.0/s1. The lowest BCUT2D eigenvalue weighted by Gasteiger charge is -2.11. The fourth-order valence-electron chi connectivity index (χ4n) is 3.09. The molecule has 32 heavy (non-hydrogen) atoms. The van der Waals surface area contributed by atoms with Crippen LogP contribution in [0.1, 0.15) is 110 Å². The molecular weight excluding hydrogens is 426 g/mol. The van der Waals surface area contributed by atoms with Gasteiger partial charge in [0, 0.05) is 13.3 Å². The van der Waals surface area contributed by atoms with Gasteiger partial charge in [0.1, 0.15) is 6.04 Å². The Bertz CT molecular complexity index is 497. The van der Waals surface area contributed by atoms with Gasteiger partial charge in [0.15, 0.2) is 0 Å². The minimum Gasteiger partial charge on any atom is -0.481 e. The van der Waals surface area contributed by atoms with Gasteiger partial charge < -0.3 is 15.5 Å². The van der Waals surface area contributed by atoms with E-state index in [2.05, 4.69) is 24.4 Å². The molecule has 0 saturated heterocycles. The lowest BCUT2D eigenvalue weighted by Crippen LogP contribution is -2.39. The summed E-state index contributed by atoms with van der Waals surface area (Å²) in [6.07, 6.45) is 23.6. The number of nitrogens with one attached hydrogen (secondary N) is 1. The number of unbranched alkanes of at least 4 members (excludes halogenated alkanes) is 11. The first-order valence-electron chi connectivity index (χ1n) is 12.2. The fraction of sp³-hybridized carbons (Fsp3) is 0.800. The fourth-order valence-corrected chi connectivity index (χ4v) is 3.56. The maximum Gasteiger partial charge on any atom is 0.326 e. The highest BCUT2D eigenvalue weighted by molar-refractivity contribution is 7.98. The van der Waals surface area contributed by atoms with E-state index < -0.39 is 18.0 Å². The second kappa shape index (κ2) is 25.8. The predicted molar refractivity (Wildman–Crippen MR) is 135 cm³/mol. The minimum atomic E-state index is -0.973. The number of rotatable bonds is 20. The van der Waals surface area contributed by atoms with Crippen molar-refractivity contribution >= 4 is 29.6 Å². The molecule has 0 bridgehead atoms. The first kappa shape index (κ1) is 32.7. The van der Waals surface area contributed by atoms with Crippen LogP contribution in [0, 0.1) is 0 Å². The number of thioether (sulfide) groups is 1. The van der Waals surface area contributed by atoms with Crippen molar-refractivity contribution in [2.45, 2.75) is 116 Å². The van der Waals surface area contributed by atoms with Crippen LogP contribution < -0.4 is 5.32 Å². The van der Waals surface area contributed by atoms with Crippen molar-refractivity contribution in [3.8, 4) is 0 Å². The van der Waals surface area contributed by atoms with Crippen LogP contribution in [0.2, 0.25) is 0 Å². The average molecular weight is 474 g/mol. The molecule has 0 fully saturated rings. The molecule has 1 atom stereocenters. The van der Waals surface area contributed by atoms with E-state index >= 15 is 0 Å². The van der Waals surface area contributed by atoms with Crippen molar-refractivity contribution in [1.29, 1.82) is 0 Å². The van der Waals surface area contributed by atoms with E-state index in [-0.39, 0.29) is 5.91 Å². The van der Waals surface area contributed by atoms with Crippen molar-refractivity contribution in [2.24, 2.45) is 0 Å². The normalized spacial score (nSPS) is 11.6. The lowest BCUT2D eigenvalue weighted by atomic mass is 10.1. The Morgan fingerprint density at radius 1 is 0.844 bits per heavy atom. The Balaban J connectivity index is 0. The van der Waals surface area contributed by atoms with Gasteiger partial charge >= 0.3 is 11.9 Å². The first-order valence-corrected chi connectivity index (χ1v) is 13.6. The number of hydrogen-bond donors (Lipinski definition) is 3. The largest absolute Gasteiger partial charge is 0.481 e. The number of hydrogen-bond acceptors (Lipinski definition) is 4. The zero-order valence-electron chi connectivity index (χ0n) is 20.6. The molecule has 3 N–H and O–H groups in total. The van der Waals surface area contributed by atoms with Crippen LogP contribution in [-0.2, 0) is 14.4 Å². The van der Waals surface area contributed by atoms with Crippen LogP contribution in [0.15, 0.2) is 12.2 Å². The zero-order chi connectivity index (χ0) is 24.5. The van der Waals surface area contributed by atoms with Gasteiger partial charge in [-0.2, -0.15) is 11.8 Å². The topological polar surface area (TPSA) is 104 Å². The molecule has 7 heteroatoms. The van der Waals surface area contributed by atoms with Gasteiger partial charge in [0.25, 0.3) is 0 Å². The summed E-state index contributed by atoms with van der Waals surface area (Å²) in [5.41, 5.74) is 0. The first-order chi connectivity index (χ1) is 15.3. The number of carboxylic acids is 2. The van der Waals surface area contributed by atoms with Crippen molar-refractivity contribution in [3.63, 3.8) is 0 Å². The average Bonchev–Trinajstić information content (AvgIpc) is 2.73. The SMILES string of the molecule is CCCCCCCC/C=C\CCCCCCCC(=O)O.CSCC[C@H](NC(C)=O)C(=O)O. The van der Waals surface area contributed by atoms with E-state index in [9.17, 15) is 14.4 Å². The Labute approximate surface area is 200 Å². The molecule has 188 valence electrons. The minimum absolute atomic E-state index is 0.302. The summed E-state index contributed by atoms with van der Waals surface area (Å²) in [7, 11) is 0. The van der Waals surface area contributed by atoms with Crippen LogP contribution in [-0.4, -0.2) is 46.1 Å². The zero-order valence-corrected chi connectivity index (χ0v) is 21.4. The van der Waals surface area contributed by atoms with Gasteiger partial charge in [-0.1, -0.05) is 70.4 Å². The molecule has 0 aromatic carbocycles. The van der Waals surface area contributed by atoms with E-state index in [4.69, 9.17) is 10.2 Å². The molecule has 0 aliphatic rings. The third-order valence-corrected chi connectivity index (χ3v) is 5.58. The van der Waals surface area contributed by atoms with Gasteiger partial charge in [-0.15, -0.1) is 0 Å². The molecule has 1 amide bonds. The maximum atomic E-state index is 10.5. The van der Waals surface area contributed by atoms with E-state index in [0.29, 0.717) is 12.8 Å². The van der Waals surface area contributed by atoms with Gasteiger partial charge in [-0.05, 0) is 50.5 Å². The highest BCUT2D eigenvalue weighted by Gasteiger charge is 2.16. The second-order valence-corrected chi connectivity index (χ2v) is 9.09. The molecule has 0 aliphatic carbocycles. The molecule has 6 nitrogen and oxygen atoms in total. The molecule has 0 spiro atoms. The summed E-state index contributed by atoms with van der Waals surface area (Å²) in [5.74, 6) is -1.21. The summed E-state index contributed by atoms with van der Waals surface area (Å²) in [4.78, 5) is 31.4. The smallest absolute Gasteiger partial charge is 0.326 e. The summed E-state index contributed by atoms with van der Waals surface area (Å²) in [6, 6.07) is -0.741. The monoisotopic (exact) mass is 473 g/mol. The molecule has 0 aromatic heterocycles. The summed E-state index contributed by atoms with van der Waals surface area (Å²) < 4.78 is 0. The van der Waals surface area contributed by atoms with E-state index in [1.807, 2.05) is 6.26 Å². The molecule has 0 aromatic rings. The Kier molecular flexibility index (Phi) is 26.3. The number of carbonyl (C=O) groups is 3. The Hall–Kier alpha value is -1.50. The molecule has 0 aliphatic heterocycles. The maximum absolute atomic E-state index is 10.5. The summed E-state index contributed by atoms with van der Waals surface area (Å²) in [5, 5.41) is 19.5. The summed E-state index contributed by atoms with van der Waals surface area (Å²) in [6.45, 7) is 3.57. The van der Waals surface area contributed by atoms with Gasteiger partial charge in [0.2, 0.25) is 5.91 Å². The number of aliphatic carboxylic acids is 2. The predicted octanol–water partition coefficient (Wildman–Crippen LogP) is 6.44. The third kappa shape index (κ3) is 28.5. The highest BCUT2D eigenvalue weighted by atomic mass is 32.2. The van der Waals surface area contributed by atoms with Crippen molar-refractivity contribution < 1.29 is 24.6 Å². The van der Waals surface area contributed by atoms with Gasteiger partial charge in [-0.25, -0.2) is 4.79 Å². The molecule has 0 radical (unpaired) electrons. The van der Waals surface area contributed by atoms with E-state index in [1.165, 1.54) is 77.6 Å². The van der Waals surface area contributed by atoms with Crippen LogP contribution in [0.3, 0.4) is 0 Å². The number of carboxylic acid groups (broad SMARTS) is 2. The van der Waals surface area contributed by atoms with Crippen LogP contribution in [0.25, 0.3) is 0 Å². The Morgan fingerprint density at radius 2 is 1.34 bits per heavy atom. The molecule has 0 rings (SSSR count). The number of allylic oxidation sites excluding steroid dienone is 2. The molecule has 0 heterocycles. The Morgan fingerprint density at radius 3 is 1.78 bits per heavy atom. The van der Waals surface area contributed by atoms with Crippen LogP contribution in [0.5, 0.6) is 0 Å². The lowest BCUT2D eigenvalue weighted by molar-refractivity contribution is -0.141. The van der Waals surface area contributed by atoms with Crippen LogP contribution >= 0.6 is 11.8 Å². The quantitative estimate of drug-likeness (QED) is 0.139. The molecule has 0 saturated carbocycles. The number of carbonyl (C=O) groups excluding carboxylic acids is 1. The van der Waals surface area contributed by atoms with Crippen molar-refractivity contribution in [1.82, 2.24) is 5.32 Å². The van der Waals surface area contributed by atoms with Gasteiger partial charge in [-0.3, -0.25) is 9.59 Å². The van der Waals surface area contributed by atoms with E-state index in [0.717, 1.165) is 18.6 Å². The van der Waals surface area contributed by atoms with Crippen molar-refractivity contribution in [3.05, 3.63) is 12.2 Å². The van der Waals surface area contributed by atoms with Crippen LogP contribution in [0.4, 0.5) is 0 Å². The molecule has 0 unspecified atom stereocenters. The summed E-state index contributed by atoms with van der Waals surface area (Å²) >= 11 is 1.56. The third-order valence-electron chi connectivity index (χ3n) is 4.94. The van der Waals surface area contributed by atoms with Gasteiger partial charge in [0.05, 0.1) is 0 Å². The number of amides is 1. The van der Waals surface area contributed by atoms with Crippen molar-refractivity contribution in [2.75, 3.05) is 12.0 Å². The highest BCUT2D eigenvalue weighted by Crippen LogP contribution is 2.09. The molecular formula is C25H47NO5S.